The Kier molecular flexibility index (Phi) is 61.6. The molecule has 8 aromatic carbocycles. The minimum Gasteiger partial charge on any atom is -0.184 e. The van der Waals surface area contributed by atoms with Crippen LogP contribution in [0.4, 0.5) is 0 Å². The maximum Gasteiger partial charge on any atom is 0 e. The second kappa shape index (κ2) is 58.4. The van der Waals surface area contributed by atoms with Gasteiger partial charge in [0.1, 0.15) is 22.8 Å². The molecule has 0 aromatic heterocycles. The third-order valence-electron chi connectivity index (χ3n) is 14.0. The standard InChI is InChI=1S/C15H21BrSi.2C12H10.C8H16Si.C7H6BrI.C6H5Cl2P.C6H15N.C6H5.CH4.Cu.HI.H3P.Pd/c1-5-17(6-2,7-3)12-11-14-9-8-10-15(16)13(14)4;2*1-3-7-11(8-4-1)12-9-5-2-6-10-12;1-5-9(6-2,7-3)8-4;1-5-6(8)3-2-4-7(5)9;7-9(8)6-4-2-1-3-5-6;1-4-7(5-2)6-3;1-2-4-6-5-3-1;;;;;/h8-10H,5-7H2,1-4H3;2*1-10H;1H,6-8H2,2-4H3;2-4H,1H3;1-5H;4-6H2,1-3H3;1-5H;1H4;;1H;1H3;/q;;;;;;;-1;;+1;;;/p-1. The van der Waals surface area contributed by atoms with Gasteiger partial charge in [-0.1, -0.05) is 294 Å². The van der Waals surface area contributed by atoms with E-state index in [1.165, 1.54) is 103 Å². The molecule has 86 heavy (non-hydrogen) atoms. The molecule has 1 nitrogen and oxygen atoms in total. The second-order valence-corrected chi connectivity index (χ2v) is 34.9. The molecule has 8 aromatic rings. The Hall–Kier alpha value is -1.68. The molecule has 0 N–H and O–H groups in total. The van der Waals surface area contributed by atoms with Gasteiger partial charge in [-0.3, -0.25) is 0 Å². The molecule has 0 aliphatic rings. The monoisotopic (exact) mass is 1750 g/mol. The van der Waals surface area contributed by atoms with Gasteiger partial charge in [-0.25, -0.2) is 0 Å². The minimum atomic E-state index is -1.32. The number of hydrogen-bond acceptors (Lipinski definition) is 1. The number of nitrogens with zero attached hydrogens (tertiary/aromatic N) is 1. The van der Waals surface area contributed by atoms with Crippen LogP contribution in [0, 0.1) is 46.9 Å². The van der Waals surface area contributed by atoms with E-state index in [4.69, 9.17) is 28.9 Å². The molecule has 474 valence electrons. The van der Waals surface area contributed by atoms with E-state index in [2.05, 4.69) is 299 Å². The van der Waals surface area contributed by atoms with Crippen molar-refractivity contribution in [2.24, 2.45) is 0 Å². The number of benzene rings is 8. The largest absolute Gasteiger partial charge is 0.184 e. The summed E-state index contributed by atoms with van der Waals surface area (Å²) in [6.45, 7) is 26.9. The molecule has 0 fully saturated rings. The fourth-order valence-corrected chi connectivity index (χ4v) is 14.9. The van der Waals surface area contributed by atoms with Gasteiger partial charge in [-0.2, -0.15) is 46.3 Å². The summed E-state index contributed by atoms with van der Waals surface area (Å²) in [5.74, 6) is 3.43. The second-order valence-electron chi connectivity index (χ2n) is 18.6. The molecule has 0 amide bonds. The van der Waals surface area contributed by atoms with Gasteiger partial charge < -0.3 is 4.90 Å². The number of hydrogen-bond donors (Lipinski definition) is 0. The van der Waals surface area contributed by atoms with Gasteiger partial charge in [0.15, 0.2) is 0 Å². The van der Waals surface area contributed by atoms with Crippen molar-refractivity contribution >= 4 is 135 Å². The van der Waals surface area contributed by atoms with Crippen LogP contribution in [0.2, 0.25) is 36.3 Å². The van der Waals surface area contributed by atoms with Crippen molar-refractivity contribution in [2.45, 2.75) is 120 Å². The van der Waals surface area contributed by atoms with Gasteiger partial charge in [0.05, 0.1) is 0 Å². The maximum atomic E-state index is 5.63. The van der Waals surface area contributed by atoms with Crippen LogP contribution in [0.5, 0.6) is 0 Å². The van der Waals surface area contributed by atoms with Crippen molar-refractivity contribution in [1.82, 2.24) is 4.90 Å². The zero-order valence-corrected chi connectivity index (χ0v) is 67.5. The summed E-state index contributed by atoms with van der Waals surface area (Å²) in [7, 11) is -2.48. The van der Waals surface area contributed by atoms with Gasteiger partial charge in [-0.15, -0.1) is 17.5 Å². The van der Waals surface area contributed by atoms with Crippen LogP contribution >= 0.6 is 114 Å². The fraction of sp³-hybridized carbons (Fsp3) is 0.288. The normalized spacial score (nSPS) is 9.53. The zero-order chi connectivity index (χ0) is 62.2. The third-order valence-corrected chi connectivity index (χ3v) is 28.1. The molecule has 0 saturated carbocycles. The van der Waals surface area contributed by atoms with Crippen LogP contribution in [-0.2, 0) is 33.2 Å². The maximum absolute atomic E-state index is 5.63. The van der Waals surface area contributed by atoms with Crippen LogP contribution in [0.25, 0.3) is 22.3 Å². The van der Waals surface area contributed by atoms with E-state index in [-0.39, 0.29) is 37.7 Å². The van der Waals surface area contributed by atoms with Crippen LogP contribution in [0.15, 0.2) is 227 Å². The Morgan fingerprint density at radius 1 is 0.488 bits per heavy atom. The van der Waals surface area contributed by atoms with Crippen molar-refractivity contribution in [1.29, 1.82) is 0 Å². The number of halogens is 6. The van der Waals surface area contributed by atoms with Crippen LogP contribution in [-0.4, -0.2) is 40.7 Å². The Morgan fingerprint density at radius 3 is 1.02 bits per heavy atom. The summed E-state index contributed by atoms with van der Waals surface area (Å²) in [4.78, 5) is 2.38. The molecule has 0 heterocycles. The van der Waals surface area contributed by atoms with Gasteiger partial charge in [-0.05, 0) is 150 Å². The molecule has 0 bridgehead atoms. The quantitative estimate of drug-likeness (QED) is 0.0387. The molecule has 0 radical (unpaired) electrons. The van der Waals surface area contributed by atoms with Gasteiger partial charge in [0.25, 0.3) is 0 Å². The predicted octanol–water partition coefficient (Wildman–Crippen LogP) is 25.4. The SMILES string of the molecule is C.C#C[Si](CC)(CC)CC.CCN(CC)CC.CC[Si](C#Cc1cccc(Br)c1C)(CC)CC.Cc1c(Br)cccc1I.ClP(Cl)c1ccccc1.P.[Cu][I].[Pd].[c-]1ccccc1.c1ccc(-c2ccccc2)cc1.c1ccc(-c2ccccc2)cc1. The molecule has 1 unspecified atom stereocenters. The molecule has 8 rings (SSSR count). The summed E-state index contributed by atoms with van der Waals surface area (Å²) < 4.78 is 3.65. The first-order chi connectivity index (χ1) is 40.1. The molecule has 0 saturated heterocycles. The first-order valence-corrected chi connectivity index (χ1v) is 42.5. The van der Waals surface area contributed by atoms with E-state index in [1.54, 1.807) is 20.3 Å². The summed E-state index contributed by atoms with van der Waals surface area (Å²) in [6, 6.07) is 83.7. The predicted molar refractivity (Wildman–Crippen MR) is 420 cm³/mol. The molecular weight excluding hydrogens is 1660 g/mol. The van der Waals surface area contributed by atoms with Crippen molar-refractivity contribution in [3.63, 3.8) is 0 Å². The molecule has 1 atom stereocenters. The summed E-state index contributed by atoms with van der Waals surface area (Å²) in [5, 5.41) is 1.01. The van der Waals surface area contributed by atoms with E-state index < -0.39 is 22.8 Å². The molecule has 0 aliphatic heterocycles. The average Bonchev–Trinajstić information content (AvgIpc) is 3.64. The molecule has 0 spiro atoms. The average molecular weight is 1760 g/mol. The minimum absolute atomic E-state index is 0. The Morgan fingerprint density at radius 2 is 0.802 bits per heavy atom. The van der Waals surface area contributed by atoms with Crippen LogP contribution < -0.4 is 5.30 Å². The van der Waals surface area contributed by atoms with Crippen molar-refractivity contribution < 1.29 is 33.2 Å². The van der Waals surface area contributed by atoms with E-state index in [1.807, 2.05) is 91.0 Å². The Labute approximate surface area is 605 Å². The van der Waals surface area contributed by atoms with Crippen molar-refractivity contribution in [2.75, 3.05) is 19.6 Å². The smallest absolute Gasteiger partial charge is 0 e. The topological polar surface area (TPSA) is 3.24 Å². The van der Waals surface area contributed by atoms with E-state index >= 15 is 0 Å². The summed E-state index contributed by atoms with van der Waals surface area (Å²) in [5.41, 5.74) is 15.5. The zero-order valence-electron chi connectivity index (χ0n) is 51.7. The Balaban J connectivity index is -0.000000450. The third kappa shape index (κ3) is 39.5. The molecule has 0 aliphatic carbocycles. The first-order valence-electron chi connectivity index (χ1n) is 28.4. The summed E-state index contributed by atoms with van der Waals surface area (Å²) >= 11 is 26.5. The van der Waals surface area contributed by atoms with Crippen molar-refractivity contribution in [3.05, 3.63) is 254 Å². The number of rotatable bonds is 12. The van der Waals surface area contributed by atoms with Gasteiger partial charge >= 0.3 is 33.1 Å². The fourth-order valence-electron chi connectivity index (χ4n) is 7.67. The van der Waals surface area contributed by atoms with Gasteiger partial charge in [0, 0.05) is 43.8 Å². The van der Waals surface area contributed by atoms with Crippen LogP contribution in [0.1, 0.15) is 86.4 Å². The molecular formula is C73H95Br2Cl2CuI2NP2PdSi2-. The van der Waals surface area contributed by atoms with E-state index in [9.17, 15) is 0 Å². The van der Waals surface area contributed by atoms with Crippen molar-refractivity contribution in [3.8, 4) is 45.7 Å². The Bertz CT molecular complexity index is 2700. The molecule has 13 heteroatoms. The van der Waals surface area contributed by atoms with Gasteiger partial charge in [0.2, 0.25) is 0 Å². The first kappa shape index (κ1) is 90.7. The number of terminal acetylenes is 1. The van der Waals surface area contributed by atoms with E-state index in [0.717, 1.165) is 9.78 Å². The summed E-state index contributed by atoms with van der Waals surface area (Å²) in [6.07, 6.45) is 5.45. The van der Waals surface area contributed by atoms with E-state index in [0.29, 0.717) is 0 Å². The van der Waals surface area contributed by atoms with Crippen LogP contribution in [0.3, 0.4) is 0 Å².